The molecule has 0 bridgehead atoms. The summed E-state index contributed by atoms with van der Waals surface area (Å²) in [6, 6.07) is 87.7. The zero-order valence-corrected chi connectivity index (χ0v) is 48.9. The molecule has 6 aliphatic rings. The van der Waals surface area contributed by atoms with E-state index in [0.717, 1.165) is 83.2 Å². The molecule has 6 unspecified atom stereocenters. The Labute approximate surface area is 520 Å². The fraction of sp³-hybridized carbons (Fsp3) is 0.0714. The number of furan rings is 2. The first-order valence-corrected chi connectivity index (χ1v) is 31.5. The van der Waals surface area contributed by atoms with E-state index in [1.807, 2.05) is 0 Å². The van der Waals surface area contributed by atoms with Gasteiger partial charge >= 0.3 is 0 Å². The van der Waals surface area contributed by atoms with Crippen molar-refractivity contribution in [1.82, 2.24) is 4.57 Å². The standard InChI is InChI=1S/C84H56N4O2/c1-3-18-56(19-4-1)85-72-28-12-9-24-61(72)66-44-51(34-39-77(66)85)52-37-42-81-69(46-52)71-49-55(53-35-40-78-67(45-53)62-25-10-13-29-73(62)86(78)57-20-5-2-6-21-57)48-65(83(71)89-81)54-36-41-79-68(47-54)63-26-11-14-30-74(63)87(79)58-38-43-82-70(50-58)64-27-17-33-80(84(64)90-82)88-75-31-15-7-22-59(75)60-23-8-16-32-76(60)88/h1-50,59,63,66,74-75,77H. The first-order chi connectivity index (χ1) is 44.6. The molecule has 6 heterocycles. The molecule has 0 spiro atoms. The predicted octanol–water partition coefficient (Wildman–Crippen LogP) is 21.6. The van der Waals surface area contributed by atoms with Gasteiger partial charge in [-0.25, -0.2) is 0 Å². The highest BCUT2D eigenvalue weighted by Crippen LogP contribution is 2.55. The van der Waals surface area contributed by atoms with Crippen molar-refractivity contribution in [3.63, 3.8) is 0 Å². The van der Waals surface area contributed by atoms with Crippen LogP contribution in [0.2, 0.25) is 0 Å². The van der Waals surface area contributed by atoms with E-state index in [9.17, 15) is 0 Å². The first kappa shape index (κ1) is 49.7. The average Bonchev–Trinajstić information content (AvgIpc) is 1.70. The van der Waals surface area contributed by atoms with E-state index in [4.69, 9.17) is 8.83 Å². The zero-order valence-electron chi connectivity index (χ0n) is 48.9. The van der Waals surface area contributed by atoms with E-state index in [2.05, 4.69) is 323 Å². The lowest BCUT2D eigenvalue weighted by Crippen LogP contribution is -2.28. The molecule has 0 saturated carbocycles. The van der Waals surface area contributed by atoms with Crippen molar-refractivity contribution in [1.29, 1.82) is 0 Å². The third-order valence-electron chi connectivity index (χ3n) is 20.3. The summed E-state index contributed by atoms with van der Waals surface area (Å²) < 4.78 is 16.5. The maximum absolute atomic E-state index is 7.20. The number of anilines is 6. The monoisotopic (exact) mass is 1150 g/mol. The van der Waals surface area contributed by atoms with Crippen molar-refractivity contribution in [3.05, 3.63) is 326 Å². The molecule has 6 heteroatoms. The first-order valence-electron chi connectivity index (χ1n) is 31.5. The molecular formula is C84H56N4O2. The lowest BCUT2D eigenvalue weighted by Gasteiger charge is -2.29. The van der Waals surface area contributed by atoms with Crippen molar-refractivity contribution >= 4 is 105 Å². The fourth-order valence-electron chi connectivity index (χ4n) is 16.4. The van der Waals surface area contributed by atoms with Gasteiger partial charge in [-0.15, -0.1) is 0 Å². The van der Waals surface area contributed by atoms with Gasteiger partial charge in [0.2, 0.25) is 0 Å². The molecule has 0 radical (unpaired) electrons. The van der Waals surface area contributed by atoms with E-state index in [1.54, 1.807) is 0 Å². The van der Waals surface area contributed by atoms with E-state index in [1.165, 1.54) is 72.4 Å². The van der Waals surface area contributed by atoms with Crippen LogP contribution in [-0.4, -0.2) is 22.7 Å². The maximum Gasteiger partial charge on any atom is 0.159 e. The van der Waals surface area contributed by atoms with Crippen LogP contribution in [0, 0.1) is 0 Å². The van der Waals surface area contributed by atoms with Gasteiger partial charge in [-0.2, -0.15) is 0 Å². The number of rotatable bonds is 7. The van der Waals surface area contributed by atoms with Crippen LogP contribution in [0.25, 0.3) is 99.2 Å². The van der Waals surface area contributed by atoms with Gasteiger partial charge in [0.15, 0.2) is 5.58 Å². The molecule has 0 amide bonds. The lowest BCUT2D eigenvalue weighted by atomic mass is 9.86. The number of nitrogens with zero attached hydrogens (tertiary/aromatic N) is 4. The Balaban J connectivity index is 0.729. The Kier molecular flexibility index (Phi) is 10.5. The normalized spacial score (nSPS) is 20.0. The van der Waals surface area contributed by atoms with E-state index < -0.39 is 0 Å². The number of aromatic nitrogens is 1. The van der Waals surface area contributed by atoms with E-state index >= 15 is 0 Å². The number of hydrogen-bond acceptors (Lipinski definition) is 5. The summed E-state index contributed by atoms with van der Waals surface area (Å²) in [6.45, 7) is 0. The Morgan fingerprint density at radius 2 is 0.878 bits per heavy atom. The van der Waals surface area contributed by atoms with E-state index in [-0.39, 0.29) is 35.9 Å². The van der Waals surface area contributed by atoms with Gasteiger partial charge in [0, 0.05) is 89.8 Å². The SMILES string of the molecule is C1=CC2c3cc(-c4cc(-c5ccc6c(c5)c5ccccc5n6-c5ccccc5)cc5c4oc4ccc(C6=CC7c8ccccc8N(c8ccccc8)C7C=C6)cc45)ccc3N(c3ccc4oc5c(N6c7ccccc7C7C=CC=CC76)cccc5c4c3)C2C=C1. The van der Waals surface area contributed by atoms with Gasteiger partial charge in [-0.1, -0.05) is 188 Å². The van der Waals surface area contributed by atoms with Gasteiger partial charge in [-0.3, -0.25) is 0 Å². The zero-order chi connectivity index (χ0) is 58.7. The van der Waals surface area contributed by atoms with Gasteiger partial charge in [0.1, 0.15) is 16.7 Å². The summed E-state index contributed by atoms with van der Waals surface area (Å²) in [5.41, 5.74) is 25.0. The third-order valence-corrected chi connectivity index (χ3v) is 20.3. The molecule has 6 nitrogen and oxygen atoms in total. The minimum Gasteiger partial charge on any atom is -0.455 e. The molecule has 11 aromatic carbocycles. The highest BCUT2D eigenvalue weighted by molar-refractivity contribution is 6.15. The molecule has 20 rings (SSSR count). The van der Waals surface area contributed by atoms with Crippen LogP contribution < -0.4 is 14.7 Å². The van der Waals surface area contributed by atoms with Crippen LogP contribution in [0.5, 0.6) is 0 Å². The Hall–Kier alpha value is -11.3. The summed E-state index contributed by atoms with van der Waals surface area (Å²) in [6.07, 6.45) is 25.4. The Morgan fingerprint density at radius 1 is 0.300 bits per heavy atom. The van der Waals surface area contributed by atoms with Gasteiger partial charge in [0.05, 0.1) is 34.8 Å². The fourth-order valence-corrected chi connectivity index (χ4v) is 16.4. The van der Waals surface area contributed by atoms with Crippen LogP contribution in [0.3, 0.4) is 0 Å². The second kappa shape index (κ2) is 19.1. The Morgan fingerprint density at radius 3 is 1.71 bits per heavy atom. The Bertz CT molecular complexity index is 5570. The molecule has 3 aliphatic heterocycles. The number of hydrogen-bond donors (Lipinski definition) is 0. The van der Waals surface area contributed by atoms with E-state index in [0.29, 0.717) is 0 Å². The molecule has 0 fully saturated rings. The van der Waals surface area contributed by atoms with Crippen LogP contribution in [0.4, 0.5) is 34.1 Å². The van der Waals surface area contributed by atoms with Crippen molar-refractivity contribution < 1.29 is 8.83 Å². The van der Waals surface area contributed by atoms with Crippen molar-refractivity contribution in [2.45, 2.75) is 35.9 Å². The number of allylic oxidation sites excluding steroid dienone is 6. The number of para-hydroxylation sites is 6. The number of benzene rings is 11. The van der Waals surface area contributed by atoms with Gasteiger partial charge < -0.3 is 28.1 Å². The number of fused-ring (bicyclic) bond motifs is 18. The largest absolute Gasteiger partial charge is 0.455 e. The second-order valence-corrected chi connectivity index (χ2v) is 25.0. The summed E-state index contributed by atoms with van der Waals surface area (Å²) in [7, 11) is 0. The molecule has 14 aromatic rings. The molecule has 90 heavy (non-hydrogen) atoms. The van der Waals surface area contributed by atoms with Crippen LogP contribution in [0.15, 0.2) is 312 Å². The lowest BCUT2D eigenvalue weighted by molar-refractivity contribution is 0.663. The highest BCUT2D eigenvalue weighted by atomic mass is 16.3. The molecule has 424 valence electrons. The molecule has 3 aromatic heterocycles. The predicted molar refractivity (Wildman–Crippen MR) is 372 cm³/mol. The van der Waals surface area contributed by atoms with Crippen molar-refractivity contribution in [2.75, 3.05) is 14.7 Å². The highest BCUT2D eigenvalue weighted by Gasteiger charge is 2.41. The van der Waals surface area contributed by atoms with Gasteiger partial charge in [-0.05, 0) is 160 Å². The second-order valence-electron chi connectivity index (χ2n) is 25.0. The van der Waals surface area contributed by atoms with Gasteiger partial charge in [0.25, 0.3) is 0 Å². The third kappa shape index (κ3) is 7.21. The molecule has 6 atom stereocenters. The maximum atomic E-state index is 7.20. The minimum absolute atomic E-state index is 0.0777. The quantitative estimate of drug-likeness (QED) is 0.159. The molecule has 3 aliphatic carbocycles. The topological polar surface area (TPSA) is 40.9 Å². The van der Waals surface area contributed by atoms with Crippen LogP contribution >= 0.6 is 0 Å². The minimum atomic E-state index is 0.0777. The van der Waals surface area contributed by atoms with Crippen molar-refractivity contribution in [3.8, 4) is 27.9 Å². The summed E-state index contributed by atoms with van der Waals surface area (Å²) in [5.74, 6) is 0.607. The molecule has 0 saturated heterocycles. The van der Waals surface area contributed by atoms with Crippen LogP contribution in [-0.2, 0) is 0 Å². The summed E-state index contributed by atoms with van der Waals surface area (Å²) in [4.78, 5) is 7.53. The van der Waals surface area contributed by atoms with Crippen molar-refractivity contribution in [2.24, 2.45) is 0 Å². The summed E-state index contributed by atoms with van der Waals surface area (Å²) in [5, 5.41) is 6.86. The molecule has 0 N–H and O–H groups in total. The summed E-state index contributed by atoms with van der Waals surface area (Å²) >= 11 is 0. The average molecular weight is 1150 g/mol. The smallest absolute Gasteiger partial charge is 0.159 e. The van der Waals surface area contributed by atoms with Crippen LogP contribution in [0.1, 0.15) is 40.0 Å². The molecular weight excluding hydrogens is 1100 g/mol.